The average molecular weight is 280 g/mol. The molecule has 0 saturated carbocycles. The van der Waals surface area contributed by atoms with E-state index in [1.807, 2.05) is 42.5 Å². The van der Waals surface area contributed by atoms with Crippen molar-refractivity contribution in [3.63, 3.8) is 0 Å². The molecule has 0 saturated heterocycles. The second-order valence-electron chi connectivity index (χ2n) is 4.64. The van der Waals surface area contributed by atoms with E-state index in [1.165, 1.54) is 0 Å². The molecule has 0 aromatic heterocycles. The maximum atomic E-state index is 12.3. The molecule has 19 heavy (non-hydrogen) atoms. The molecular weight excluding hydrogens is 258 g/mol. The molecule has 1 amide bonds. The van der Waals surface area contributed by atoms with Crippen molar-refractivity contribution in [1.29, 1.82) is 0 Å². The van der Waals surface area contributed by atoms with E-state index >= 15 is 0 Å². The van der Waals surface area contributed by atoms with Crippen molar-refractivity contribution in [2.24, 2.45) is 5.92 Å². The summed E-state index contributed by atoms with van der Waals surface area (Å²) in [6.45, 7) is 4.76. The fraction of sp³-hybridized carbons (Fsp3) is 0.438. The molecule has 2 atom stereocenters. The van der Waals surface area contributed by atoms with E-state index < -0.39 is 0 Å². The number of allylic oxidation sites excluding steroid dienone is 1. The Bertz CT molecular complexity index is 402. The van der Waals surface area contributed by atoms with Gasteiger partial charge in [0.25, 0.3) is 0 Å². The lowest BCUT2D eigenvalue weighted by Gasteiger charge is -2.22. The number of carbonyl (C=O) groups is 1. The third-order valence-corrected chi connectivity index (χ3v) is 3.48. The first-order valence-electron chi connectivity index (χ1n) is 6.74. The number of halogens is 1. The number of hydrogen-bond donors (Lipinski definition) is 1. The van der Waals surface area contributed by atoms with Gasteiger partial charge in [0.1, 0.15) is 0 Å². The third-order valence-electron chi connectivity index (χ3n) is 3.30. The van der Waals surface area contributed by atoms with Crippen LogP contribution in [-0.2, 0) is 4.79 Å². The van der Waals surface area contributed by atoms with Gasteiger partial charge in [-0.3, -0.25) is 4.79 Å². The lowest BCUT2D eigenvalue weighted by molar-refractivity contribution is -0.123. The number of benzene rings is 1. The van der Waals surface area contributed by atoms with Crippen molar-refractivity contribution in [2.45, 2.75) is 26.2 Å². The predicted molar refractivity (Wildman–Crippen MR) is 81.5 cm³/mol. The van der Waals surface area contributed by atoms with Crippen LogP contribution in [-0.4, -0.2) is 18.3 Å². The summed E-state index contributed by atoms with van der Waals surface area (Å²) in [5, 5.41) is 2.95. The van der Waals surface area contributed by atoms with Crippen molar-refractivity contribution < 1.29 is 4.79 Å². The van der Waals surface area contributed by atoms with E-state index in [2.05, 4.69) is 19.2 Å². The maximum absolute atomic E-state index is 12.3. The van der Waals surface area contributed by atoms with Gasteiger partial charge in [0.05, 0.1) is 5.92 Å². The number of nitrogens with one attached hydrogen (secondary N) is 1. The zero-order chi connectivity index (χ0) is 14.1. The molecule has 3 heteroatoms. The Morgan fingerprint density at radius 1 is 1.32 bits per heavy atom. The minimum atomic E-state index is -0.0874. The fourth-order valence-electron chi connectivity index (χ4n) is 2.05. The molecule has 0 fully saturated rings. The average Bonchev–Trinajstić information content (AvgIpc) is 2.45. The summed E-state index contributed by atoms with van der Waals surface area (Å²) in [5.41, 5.74) is 1.08. The monoisotopic (exact) mass is 279 g/mol. The summed E-state index contributed by atoms with van der Waals surface area (Å²) in [6, 6.07) is 9.96. The van der Waals surface area contributed by atoms with Gasteiger partial charge < -0.3 is 5.32 Å². The first-order valence-corrected chi connectivity index (χ1v) is 7.27. The van der Waals surface area contributed by atoms with Crippen LogP contribution in [0.3, 0.4) is 0 Å². The molecule has 1 aromatic carbocycles. The molecule has 0 radical (unpaired) electrons. The molecule has 104 valence electrons. The summed E-state index contributed by atoms with van der Waals surface area (Å²) >= 11 is 5.55. The van der Waals surface area contributed by atoms with Gasteiger partial charge >= 0.3 is 0 Å². The van der Waals surface area contributed by atoms with Crippen molar-refractivity contribution in [2.75, 3.05) is 12.4 Å². The van der Waals surface area contributed by atoms with Crippen LogP contribution in [0.1, 0.15) is 31.7 Å². The van der Waals surface area contributed by atoms with Gasteiger partial charge in [0.15, 0.2) is 0 Å². The smallest absolute Gasteiger partial charge is 0.228 e. The molecule has 0 heterocycles. The minimum absolute atomic E-state index is 0.0831. The van der Waals surface area contributed by atoms with Gasteiger partial charge in [-0.15, -0.1) is 11.6 Å². The summed E-state index contributed by atoms with van der Waals surface area (Å²) in [7, 11) is 0. The van der Waals surface area contributed by atoms with E-state index in [1.54, 1.807) is 0 Å². The molecule has 2 unspecified atom stereocenters. The SMILES string of the molecule is CCC(C)C(C(=O)NC/C=C/CCl)c1ccccc1. The van der Waals surface area contributed by atoms with Crippen LogP contribution in [0.25, 0.3) is 0 Å². The zero-order valence-electron chi connectivity index (χ0n) is 11.6. The standard InChI is InChI=1S/C16H22ClNO/c1-3-13(2)15(14-9-5-4-6-10-14)16(19)18-12-8-7-11-17/h4-10,13,15H,3,11-12H2,1-2H3,(H,18,19)/b8-7+. The highest BCUT2D eigenvalue weighted by molar-refractivity contribution is 6.18. The van der Waals surface area contributed by atoms with E-state index in [9.17, 15) is 4.79 Å². The largest absolute Gasteiger partial charge is 0.352 e. The van der Waals surface area contributed by atoms with E-state index in [0.717, 1.165) is 12.0 Å². The van der Waals surface area contributed by atoms with Crippen LogP contribution < -0.4 is 5.32 Å². The molecular formula is C16H22ClNO. The molecule has 0 spiro atoms. The number of carbonyl (C=O) groups excluding carboxylic acids is 1. The first-order chi connectivity index (χ1) is 9.20. The number of alkyl halides is 1. The number of amides is 1. The van der Waals surface area contributed by atoms with Gasteiger partial charge in [0, 0.05) is 12.4 Å². The van der Waals surface area contributed by atoms with E-state index in [0.29, 0.717) is 18.3 Å². The highest BCUT2D eigenvalue weighted by Gasteiger charge is 2.24. The number of hydrogen-bond acceptors (Lipinski definition) is 1. The summed E-state index contributed by atoms with van der Waals surface area (Å²) in [4.78, 5) is 12.3. The van der Waals surface area contributed by atoms with Crippen LogP contribution in [0, 0.1) is 5.92 Å². The highest BCUT2D eigenvalue weighted by atomic mass is 35.5. The lowest BCUT2D eigenvalue weighted by atomic mass is 9.85. The summed E-state index contributed by atoms with van der Waals surface area (Å²) in [6.07, 6.45) is 4.69. The summed E-state index contributed by atoms with van der Waals surface area (Å²) < 4.78 is 0. The van der Waals surface area contributed by atoms with Crippen molar-refractivity contribution in [3.05, 3.63) is 48.0 Å². The molecule has 0 aliphatic carbocycles. The topological polar surface area (TPSA) is 29.1 Å². The molecule has 0 aliphatic heterocycles. The Morgan fingerprint density at radius 2 is 2.00 bits per heavy atom. The second kappa shape index (κ2) is 8.76. The molecule has 0 bridgehead atoms. The van der Waals surface area contributed by atoms with E-state index in [4.69, 9.17) is 11.6 Å². The Kier molecular flexibility index (Phi) is 7.27. The van der Waals surface area contributed by atoms with Gasteiger partial charge in [-0.25, -0.2) is 0 Å². The van der Waals surface area contributed by atoms with Gasteiger partial charge in [-0.1, -0.05) is 62.8 Å². The predicted octanol–water partition coefficient (Wildman–Crippen LogP) is 3.73. The van der Waals surface area contributed by atoms with Crippen LogP contribution in [0.15, 0.2) is 42.5 Å². The van der Waals surface area contributed by atoms with Crippen LogP contribution in [0.5, 0.6) is 0 Å². The van der Waals surface area contributed by atoms with Crippen molar-refractivity contribution in [3.8, 4) is 0 Å². The minimum Gasteiger partial charge on any atom is -0.352 e. The molecule has 1 aromatic rings. The number of rotatable bonds is 7. The van der Waals surface area contributed by atoms with Crippen LogP contribution in [0.4, 0.5) is 0 Å². The van der Waals surface area contributed by atoms with Crippen LogP contribution in [0.2, 0.25) is 0 Å². The highest BCUT2D eigenvalue weighted by Crippen LogP contribution is 2.26. The Labute approximate surface area is 120 Å². The van der Waals surface area contributed by atoms with Gasteiger partial charge in [-0.2, -0.15) is 0 Å². The van der Waals surface area contributed by atoms with Crippen LogP contribution >= 0.6 is 11.6 Å². The first kappa shape index (κ1) is 15.8. The fourth-order valence-corrected chi connectivity index (χ4v) is 2.18. The van der Waals surface area contributed by atoms with Crippen molar-refractivity contribution in [1.82, 2.24) is 5.32 Å². The van der Waals surface area contributed by atoms with E-state index in [-0.39, 0.29) is 11.8 Å². The Hall–Kier alpha value is -1.28. The normalized spacial score (nSPS) is 14.3. The lowest BCUT2D eigenvalue weighted by Crippen LogP contribution is -2.32. The maximum Gasteiger partial charge on any atom is 0.228 e. The molecule has 2 nitrogen and oxygen atoms in total. The molecule has 1 rings (SSSR count). The zero-order valence-corrected chi connectivity index (χ0v) is 12.4. The third kappa shape index (κ3) is 5.07. The summed E-state index contributed by atoms with van der Waals surface area (Å²) in [5.74, 6) is 0.790. The molecule has 1 N–H and O–H groups in total. The van der Waals surface area contributed by atoms with Gasteiger partial charge in [0.2, 0.25) is 5.91 Å². The Morgan fingerprint density at radius 3 is 2.58 bits per heavy atom. The van der Waals surface area contributed by atoms with Crippen molar-refractivity contribution >= 4 is 17.5 Å². The Balaban J connectivity index is 2.75. The van der Waals surface area contributed by atoms with Gasteiger partial charge in [-0.05, 0) is 11.5 Å². The second-order valence-corrected chi connectivity index (χ2v) is 4.95. The quantitative estimate of drug-likeness (QED) is 0.598. The molecule has 0 aliphatic rings.